The molecule has 2 aromatic rings. The summed E-state index contributed by atoms with van der Waals surface area (Å²) in [5.74, 6) is 1.85. The SMILES string of the molecule is CCCOc1c(I)cc(/C=C/C(=O)CC(=O)/C=C/c2cc(I)c(OCCN)c(OC)c2)cc1OC. The molecule has 2 N–H and O–H groups in total. The van der Waals surface area contributed by atoms with Gasteiger partial charge in [0.05, 0.1) is 34.4 Å². The number of methoxy groups -OCH3 is 2. The minimum absolute atomic E-state index is 0.231. The number of allylic oxidation sites excluding steroid dienone is 2. The van der Waals surface area contributed by atoms with E-state index in [2.05, 4.69) is 45.2 Å². The van der Waals surface area contributed by atoms with Crippen molar-refractivity contribution >= 4 is 68.9 Å². The Balaban J connectivity index is 2.05. The molecule has 35 heavy (non-hydrogen) atoms. The summed E-state index contributed by atoms with van der Waals surface area (Å²) in [6.07, 6.45) is 6.77. The minimum Gasteiger partial charge on any atom is -0.493 e. The van der Waals surface area contributed by atoms with E-state index in [1.54, 1.807) is 38.5 Å². The van der Waals surface area contributed by atoms with Crippen LogP contribution < -0.4 is 24.7 Å². The van der Waals surface area contributed by atoms with Crippen LogP contribution >= 0.6 is 45.2 Å². The molecule has 188 valence electrons. The van der Waals surface area contributed by atoms with Crippen molar-refractivity contribution < 1.29 is 28.5 Å². The van der Waals surface area contributed by atoms with Crippen LogP contribution in [0, 0.1) is 7.14 Å². The molecule has 0 unspecified atom stereocenters. The lowest BCUT2D eigenvalue weighted by molar-refractivity contribution is -0.121. The number of ketones is 2. The number of nitrogens with two attached hydrogens (primary N) is 1. The van der Waals surface area contributed by atoms with Gasteiger partial charge in [-0.25, -0.2) is 0 Å². The predicted octanol–water partition coefficient (Wildman–Crippen LogP) is 5.29. The summed E-state index contributed by atoms with van der Waals surface area (Å²) in [4.78, 5) is 24.7. The highest BCUT2D eigenvalue weighted by Gasteiger charge is 2.12. The van der Waals surface area contributed by atoms with Crippen molar-refractivity contribution in [3.63, 3.8) is 0 Å². The van der Waals surface area contributed by atoms with Gasteiger partial charge in [0.1, 0.15) is 6.61 Å². The maximum absolute atomic E-state index is 12.3. The molecule has 0 amide bonds. The molecule has 0 radical (unpaired) electrons. The molecule has 7 nitrogen and oxygen atoms in total. The van der Waals surface area contributed by atoms with Crippen LogP contribution in [0.15, 0.2) is 36.4 Å². The summed E-state index contributed by atoms with van der Waals surface area (Å²) in [6.45, 7) is 3.39. The lowest BCUT2D eigenvalue weighted by Crippen LogP contribution is -2.11. The molecule has 0 aliphatic heterocycles. The van der Waals surface area contributed by atoms with Gasteiger partial charge in [0.25, 0.3) is 0 Å². The molecule has 0 fully saturated rings. The molecule has 0 aliphatic rings. The number of rotatable bonds is 14. The van der Waals surface area contributed by atoms with E-state index in [-0.39, 0.29) is 18.0 Å². The molecular formula is C26H29I2NO6. The van der Waals surface area contributed by atoms with Crippen LogP contribution in [0.2, 0.25) is 0 Å². The van der Waals surface area contributed by atoms with Gasteiger partial charge in [0.2, 0.25) is 0 Å². The van der Waals surface area contributed by atoms with Crippen LogP contribution in [0.4, 0.5) is 0 Å². The van der Waals surface area contributed by atoms with E-state index in [4.69, 9.17) is 24.7 Å². The predicted molar refractivity (Wildman–Crippen MR) is 154 cm³/mol. The van der Waals surface area contributed by atoms with Gasteiger partial charge >= 0.3 is 0 Å². The highest BCUT2D eigenvalue weighted by molar-refractivity contribution is 14.1. The van der Waals surface area contributed by atoms with Crippen molar-refractivity contribution in [3.05, 3.63) is 54.7 Å². The van der Waals surface area contributed by atoms with Crippen molar-refractivity contribution in [2.75, 3.05) is 34.0 Å². The Morgan fingerprint density at radius 3 is 1.69 bits per heavy atom. The highest BCUT2D eigenvalue weighted by atomic mass is 127. The van der Waals surface area contributed by atoms with E-state index < -0.39 is 0 Å². The third-order valence-electron chi connectivity index (χ3n) is 4.59. The van der Waals surface area contributed by atoms with Gasteiger partial charge in [-0.2, -0.15) is 0 Å². The summed E-state index contributed by atoms with van der Waals surface area (Å²) >= 11 is 4.31. The van der Waals surface area contributed by atoms with Gasteiger partial charge in [-0.3, -0.25) is 9.59 Å². The lowest BCUT2D eigenvalue weighted by atomic mass is 10.1. The second-order valence-corrected chi connectivity index (χ2v) is 9.65. The van der Waals surface area contributed by atoms with Gasteiger partial charge in [-0.1, -0.05) is 19.1 Å². The van der Waals surface area contributed by atoms with Gasteiger partial charge in [-0.05, 0) is 99.1 Å². The summed E-state index contributed by atoms with van der Waals surface area (Å²) in [5.41, 5.74) is 7.05. The number of hydrogen-bond acceptors (Lipinski definition) is 7. The Hall–Kier alpha value is -2.12. The van der Waals surface area contributed by atoms with Crippen LogP contribution in [0.1, 0.15) is 30.9 Å². The molecular weight excluding hydrogens is 676 g/mol. The van der Waals surface area contributed by atoms with Crippen LogP contribution in [0.25, 0.3) is 12.2 Å². The second-order valence-electron chi connectivity index (χ2n) is 7.33. The van der Waals surface area contributed by atoms with Crippen LogP contribution in [0.5, 0.6) is 23.0 Å². The zero-order valence-corrected chi connectivity index (χ0v) is 24.3. The summed E-state index contributed by atoms with van der Waals surface area (Å²) in [7, 11) is 3.12. The molecule has 2 aromatic carbocycles. The Morgan fingerprint density at radius 1 is 0.829 bits per heavy atom. The maximum Gasteiger partial charge on any atom is 0.174 e. The molecule has 0 spiro atoms. The number of halogens is 2. The van der Waals surface area contributed by atoms with Crippen molar-refractivity contribution in [3.8, 4) is 23.0 Å². The molecule has 0 saturated carbocycles. The smallest absolute Gasteiger partial charge is 0.174 e. The maximum atomic E-state index is 12.3. The molecule has 0 bridgehead atoms. The van der Waals surface area contributed by atoms with Crippen molar-refractivity contribution in [1.29, 1.82) is 0 Å². The lowest BCUT2D eigenvalue weighted by Gasteiger charge is -2.13. The number of carbonyl (C=O) groups excluding carboxylic acids is 2. The van der Waals surface area contributed by atoms with Crippen molar-refractivity contribution in [2.45, 2.75) is 19.8 Å². The summed E-state index contributed by atoms with van der Waals surface area (Å²) in [5, 5.41) is 0. The zero-order valence-electron chi connectivity index (χ0n) is 19.9. The molecule has 0 aromatic heterocycles. The second kappa shape index (κ2) is 15.1. The molecule has 0 atom stereocenters. The van der Waals surface area contributed by atoms with E-state index in [1.807, 2.05) is 19.1 Å². The first-order valence-corrected chi connectivity index (χ1v) is 13.1. The van der Waals surface area contributed by atoms with Crippen LogP contribution in [-0.2, 0) is 9.59 Å². The standard InChI is InChI=1S/C26H29I2NO6/c1-4-10-34-25-21(27)12-17(14-23(25)32-2)5-7-19(30)16-20(31)8-6-18-13-22(28)26(35-11-9-29)24(15-18)33-3/h5-8,12-15H,4,9-11,16,29H2,1-3H3/b7-5+,8-6+. The first-order chi connectivity index (χ1) is 16.8. The summed E-state index contributed by atoms with van der Waals surface area (Å²) in [6, 6.07) is 7.33. The van der Waals surface area contributed by atoms with Gasteiger partial charge in [0.15, 0.2) is 34.6 Å². The van der Waals surface area contributed by atoms with E-state index in [9.17, 15) is 9.59 Å². The Morgan fingerprint density at radius 2 is 1.29 bits per heavy atom. The topological polar surface area (TPSA) is 97.1 Å². The van der Waals surface area contributed by atoms with Crippen molar-refractivity contribution in [1.82, 2.24) is 0 Å². The fourth-order valence-corrected chi connectivity index (χ4v) is 4.55. The number of hydrogen-bond donors (Lipinski definition) is 1. The largest absolute Gasteiger partial charge is 0.493 e. The number of benzene rings is 2. The van der Waals surface area contributed by atoms with Gasteiger partial charge < -0.3 is 24.7 Å². The molecule has 2 rings (SSSR count). The van der Waals surface area contributed by atoms with E-state index in [0.717, 1.165) is 24.7 Å². The van der Waals surface area contributed by atoms with Crippen LogP contribution in [-0.4, -0.2) is 45.5 Å². The highest BCUT2D eigenvalue weighted by Crippen LogP contribution is 2.35. The zero-order chi connectivity index (χ0) is 25.8. The van der Waals surface area contributed by atoms with E-state index in [1.165, 1.54) is 12.2 Å². The van der Waals surface area contributed by atoms with E-state index in [0.29, 0.717) is 42.8 Å². The Bertz CT molecular complexity index is 1010. The van der Waals surface area contributed by atoms with Crippen LogP contribution in [0.3, 0.4) is 0 Å². The normalized spacial score (nSPS) is 11.1. The average molecular weight is 705 g/mol. The molecule has 9 heteroatoms. The monoisotopic (exact) mass is 705 g/mol. The first-order valence-electron chi connectivity index (χ1n) is 10.9. The van der Waals surface area contributed by atoms with E-state index >= 15 is 0 Å². The average Bonchev–Trinajstić information content (AvgIpc) is 2.84. The fraction of sp³-hybridized carbons (Fsp3) is 0.308. The Kier molecular flexibility index (Phi) is 12.6. The molecule has 0 aliphatic carbocycles. The third-order valence-corrected chi connectivity index (χ3v) is 6.19. The van der Waals surface area contributed by atoms with Gasteiger partial charge in [-0.15, -0.1) is 0 Å². The fourth-order valence-electron chi connectivity index (χ4n) is 2.99. The summed E-state index contributed by atoms with van der Waals surface area (Å²) < 4.78 is 23.9. The van der Waals surface area contributed by atoms with Crippen molar-refractivity contribution in [2.24, 2.45) is 5.73 Å². The molecule has 0 heterocycles. The quantitative estimate of drug-likeness (QED) is 0.162. The Labute approximate surface area is 233 Å². The third kappa shape index (κ3) is 9.12. The first kappa shape index (κ1) is 29.1. The van der Waals surface area contributed by atoms with Gasteiger partial charge in [0, 0.05) is 6.54 Å². The number of ether oxygens (including phenoxy) is 4. The molecule has 0 saturated heterocycles. The number of carbonyl (C=O) groups is 2. The minimum atomic E-state index is -0.299.